The molecule has 1 aromatic rings. The van der Waals surface area contributed by atoms with E-state index >= 15 is 0 Å². The zero-order chi connectivity index (χ0) is 14.0. The summed E-state index contributed by atoms with van der Waals surface area (Å²) in [5, 5.41) is 2.29. The van der Waals surface area contributed by atoms with Crippen LogP contribution in [0.1, 0.15) is 26.1 Å². The van der Waals surface area contributed by atoms with Gasteiger partial charge in [-0.25, -0.2) is 9.97 Å². The van der Waals surface area contributed by atoms with Gasteiger partial charge in [0.25, 0.3) is 0 Å². The average molecular weight is 263 g/mol. The lowest BCUT2D eigenvalue weighted by Gasteiger charge is -2.32. The zero-order valence-electron chi connectivity index (χ0n) is 11.0. The third-order valence-electron chi connectivity index (χ3n) is 2.97. The zero-order valence-corrected chi connectivity index (χ0v) is 11.0. The number of nitrogens with two attached hydrogens (primary N) is 1. The second-order valence-electron chi connectivity index (χ2n) is 4.53. The summed E-state index contributed by atoms with van der Waals surface area (Å²) in [6.07, 6.45) is 1.61. The van der Waals surface area contributed by atoms with Crippen molar-refractivity contribution < 1.29 is 9.59 Å². The molecule has 7 heteroatoms. The van der Waals surface area contributed by atoms with Gasteiger partial charge in [-0.3, -0.25) is 14.9 Å². The molecular weight excluding hydrogens is 246 g/mol. The van der Waals surface area contributed by atoms with E-state index in [0.29, 0.717) is 23.9 Å². The number of aromatic nitrogens is 2. The van der Waals surface area contributed by atoms with Gasteiger partial charge >= 0.3 is 0 Å². The van der Waals surface area contributed by atoms with Crippen LogP contribution in [0.5, 0.6) is 0 Å². The Hall–Kier alpha value is -2.18. The average Bonchev–Trinajstić information content (AvgIpc) is 2.33. The number of carbonyl (C=O) groups excluding carboxylic acids is 2. The molecule has 19 heavy (non-hydrogen) atoms. The molecule has 0 spiro atoms. The molecule has 0 aromatic carbocycles. The molecule has 2 rings (SSSR count). The van der Waals surface area contributed by atoms with Crippen LogP contribution in [0.3, 0.4) is 0 Å². The Bertz CT molecular complexity index is 517. The number of anilines is 2. The minimum absolute atomic E-state index is 0.0922. The van der Waals surface area contributed by atoms with Crippen molar-refractivity contribution in [1.82, 2.24) is 15.3 Å². The number of hydrogen-bond donors (Lipinski definition) is 2. The smallest absolute Gasteiger partial charge is 0.249 e. The molecule has 1 fully saturated rings. The number of imide groups is 1. The Labute approximate surface area is 111 Å². The highest BCUT2D eigenvalue weighted by Gasteiger charge is 2.31. The predicted octanol–water partition coefficient (Wildman–Crippen LogP) is -0.137. The molecule has 3 N–H and O–H groups in total. The fourth-order valence-corrected chi connectivity index (χ4v) is 1.98. The molecule has 0 bridgehead atoms. The van der Waals surface area contributed by atoms with Gasteiger partial charge in [-0.1, -0.05) is 6.92 Å². The fourth-order valence-electron chi connectivity index (χ4n) is 1.98. The molecule has 1 aromatic heterocycles. The van der Waals surface area contributed by atoms with Crippen LogP contribution in [0.2, 0.25) is 0 Å². The van der Waals surface area contributed by atoms with E-state index < -0.39 is 6.04 Å². The number of hydrogen-bond acceptors (Lipinski definition) is 6. The largest absolute Gasteiger partial charge is 0.384 e. The first-order chi connectivity index (χ1) is 9.01. The third kappa shape index (κ3) is 2.81. The molecule has 0 aliphatic carbocycles. The van der Waals surface area contributed by atoms with Crippen molar-refractivity contribution in [3.63, 3.8) is 0 Å². The summed E-state index contributed by atoms with van der Waals surface area (Å²) in [6.45, 7) is 3.83. The Morgan fingerprint density at radius 1 is 1.47 bits per heavy atom. The van der Waals surface area contributed by atoms with Crippen LogP contribution in [0.4, 0.5) is 11.6 Å². The third-order valence-corrected chi connectivity index (χ3v) is 2.97. The van der Waals surface area contributed by atoms with E-state index in [2.05, 4.69) is 15.3 Å². The second kappa shape index (κ2) is 5.21. The van der Waals surface area contributed by atoms with Gasteiger partial charge in [-0.05, 0) is 13.3 Å². The van der Waals surface area contributed by atoms with Crippen molar-refractivity contribution in [2.24, 2.45) is 0 Å². The lowest BCUT2D eigenvalue weighted by atomic mass is 10.2. The van der Waals surface area contributed by atoms with Crippen molar-refractivity contribution in [2.45, 2.75) is 32.7 Å². The summed E-state index contributed by atoms with van der Waals surface area (Å²) >= 11 is 0. The van der Waals surface area contributed by atoms with Gasteiger partial charge in [0.1, 0.15) is 23.5 Å². The normalized spacial score (nSPS) is 19.5. The molecule has 2 amide bonds. The maximum absolute atomic E-state index is 11.6. The van der Waals surface area contributed by atoms with Crippen LogP contribution in [0.15, 0.2) is 6.07 Å². The van der Waals surface area contributed by atoms with E-state index in [1.807, 2.05) is 6.92 Å². The highest BCUT2D eigenvalue weighted by Crippen LogP contribution is 2.19. The number of piperazine rings is 1. The maximum atomic E-state index is 11.6. The molecule has 1 unspecified atom stereocenters. The van der Waals surface area contributed by atoms with Gasteiger partial charge < -0.3 is 10.6 Å². The van der Waals surface area contributed by atoms with Crippen LogP contribution in [0, 0.1) is 0 Å². The Kier molecular flexibility index (Phi) is 3.64. The highest BCUT2D eigenvalue weighted by molar-refractivity contribution is 6.04. The number of aryl methyl sites for hydroxylation is 1. The molecule has 2 heterocycles. The first-order valence-corrected chi connectivity index (χ1v) is 6.25. The van der Waals surface area contributed by atoms with E-state index in [4.69, 9.17) is 5.73 Å². The van der Waals surface area contributed by atoms with Gasteiger partial charge in [0.2, 0.25) is 11.8 Å². The van der Waals surface area contributed by atoms with Crippen LogP contribution < -0.4 is 16.0 Å². The minimum Gasteiger partial charge on any atom is -0.384 e. The molecule has 7 nitrogen and oxygen atoms in total. The monoisotopic (exact) mass is 263 g/mol. The summed E-state index contributed by atoms with van der Waals surface area (Å²) in [4.78, 5) is 33.2. The number of rotatable bonds is 3. The Morgan fingerprint density at radius 3 is 2.89 bits per heavy atom. The molecule has 1 aliphatic rings. The van der Waals surface area contributed by atoms with E-state index in [0.717, 1.165) is 6.42 Å². The Balaban J connectivity index is 2.34. The molecule has 0 saturated carbocycles. The van der Waals surface area contributed by atoms with Crippen molar-refractivity contribution >= 4 is 23.5 Å². The van der Waals surface area contributed by atoms with Crippen molar-refractivity contribution in [3.8, 4) is 0 Å². The quantitative estimate of drug-likeness (QED) is 0.736. The summed E-state index contributed by atoms with van der Waals surface area (Å²) in [6, 6.07) is 1.13. The molecule has 1 saturated heterocycles. The highest BCUT2D eigenvalue weighted by atomic mass is 16.2. The van der Waals surface area contributed by atoms with E-state index in [1.165, 1.54) is 0 Å². The van der Waals surface area contributed by atoms with Crippen LogP contribution in [-0.2, 0) is 16.0 Å². The maximum Gasteiger partial charge on any atom is 0.249 e. The summed E-state index contributed by atoms with van der Waals surface area (Å²) in [5.41, 5.74) is 5.75. The van der Waals surface area contributed by atoms with Gasteiger partial charge in [0.15, 0.2) is 0 Å². The predicted molar refractivity (Wildman–Crippen MR) is 70.4 cm³/mol. The number of nitrogens with zero attached hydrogens (tertiary/aromatic N) is 3. The first kappa shape index (κ1) is 13.3. The molecule has 1 aliphatic heterocycles. The van der Waals surface area contributed by atoms with Crippen LogP contribution in [0.25, 0.3) is 0 Å². The van der Waals surface area contributed by atoms with Crippen molar-refractivity contribution in [3.05, 3.63) is 11.9 Å². The van der Waals surface area contributed by atoms with Crippen molar-refractivity contribution in [1.29, 1.82) is 0 Å². The minimum atomic E-state index is -0.457. The standard InChI is InChI=1S/C12H17N5O2/c1-3-4-9-14-8(13)5-10(15-9)17-6-11(18)16-12(19)7(17)2/h5,7H,3-4,6H2,1-2H3,(H2,13,14,15)(H,16,18,19). The Morgan fingerprint density at radius 2 is 2.21 bits per heavy atom. The lowest BCUT2D eigenvalue weighted by Crippen LogP contribution is -2.57. The molecule has 1 atom stereocenters. The lowest BCUT2D eigenvalue weighted by molar-refractivity contribution is -0.132. The number of nitrogen functional groups attached to an aromatic ring is 1. The summed E-state index contributed by atoms with van der Waals surface area (Å²) in [7, 11) is 0. The SMILES string of the molecule is CCCc1nc(N)cc(N2CC(=O)NC(=O)C2C)n1. The van der Waals surface area contributed by atoms with Gasteiger partial charge in [-0.2, -0.15) is 0 Å². The van der Waals surface area contributed by atoms with Gasteiger partial charge in [0, 0.05) is 12.5 Å². The number of nitrogens with one attached hydrogen (secondary N) is 1. The molecule has 0 radical (unpaired) electrons. The molecule has 102 valence electrons. The van der Waals surface area contributed by atoms with E-state index in [1.54, 1.807) is 17.9 Å². The van der Waals surface area contributed by atoms with Crippen molar-refractivity contribution in [2.75, 3.05) is 17.2 Å². The number of carbonyl (C=O) groups is 2. The number of amides is 2. The van der Waals surface area contributed by atoms with Crippen LogP contribution >= 0.6 is 0 Å². The molecular formula is C12H17N5O2. The first-order valence-electron chi connectivity index (χ1n) is 6.25. The summed E-state index contributed by atoms with van der Waals surface area (Å²) in [5.74, 6) is 0.830. The van der Waals surface area contributed by atoms with E-state index in [9.17, 15) is 9.59 Å². The van der Waals surface area contributed by atoms with E-state index in [-0.39, 0.29) is 18.4 Å². The topological polar surface area (TPSA) is 101 Å². The van der Waals surface area contributed by atoms with Crippen LogP contribution in [-0.4, -0.2) is 34.4 Å². The van der Waals surface area contributed by atoms with Gasteiger partial charge in [-0.15, -0.1) is 0 Å². The second-order valence-corrected chi connectivity index (χ2v) is 4.53. The van der Waals surface area contributed by atoms with Gasteiger partial charge in [0.05, 0.1) is 6.54 Å². The fraction of sp³-hybridized carbons (Fsp3) is 0.500. The summed E-state index contributed by atoms with van der Waals surface area (Å²) < 4.78 is 0.